The number of fused-ring (bicyclic) bond motifs is 3. The summed E-state index contributed by atoms with van der Waals surface area (Å²) >= 11 is 0. The molecule has 32 heavy (non-hydrogen) atoms. The summed E-state index contributed by atoms with van der Waals surface area (Å²) in [5.74, 6) is -0.305. The topological polar surface area (TPSA) is 80.6 Å². The van der Waals surface area contributed by atoms with E-state index in [0.717, 1.165) is 11.3 Å². The molecule has 2 aromatic heterocycles. The van der Waals surface area contributed by atoms with Crippen LogP contribution < -0.4 is 15.4 Å². The minimum absolute atomic E-state index is 0.0368. The molecule has 2 aromatic rings. The lowest BCUT2D eigenvalue weighted by molar-refractivity contribution is -0.152. The van der Waals surface area contributed by atoms with Gasteiger partial charge in [-0.25, -0.2) is 0 Å². The summed E-state index contributed by atoms with van der Waals surface area (Å²) in [5, 5.41) is 0. The number of Topliss-reactive ketones (excluding diaryl/α,β-unsaturated/α-hetero) is 1. The molecule has 8 nitrogen and oxygen atoms in total. The highest BCUT2D eigenvalue weighted by Gasteiger charge is 2.48. The van der Waals surface area contributed by atoms with Crippen molar-refractivity contribution in [2.45, 2.75) is 50.7 Å². The quantitative estimate of drug-likeness (QED) is 0.660. The molecule has 0 saturated carbocycles. The van der Waals surface area contributed by atoms with Crippen LogP contribution in [0.4, 0.5) is 24.9 Å². The molecule has 2 fully saturated rings. The average Bonchev–Trinajstić information content (AvgIpc) is 3.37. The second-order valence-electron chi connectivity index (χ2n) is 8.49. The van der Waals surface area contributed by atoms with Crippen molar-refractivity contribution in [3.8, 4) is 0 Å². The number of aryl methyl sites for hydroxylation is 1. The molecule has 170 valence electrons. The van der Waals surface area contributed by atoms with Crippen molar-refractivity contribution in [2.75, 3.05) is 29.5 Å². The standard InChI is InChI=1S/C21H22F3N5O3/c1-12-2-4-25-8-15(12)16(30)10-29-17(21(22,23)24)3-5-27-19(31)7-18(26-20(27)29)28-9-14-6-13(28)11-32-14/h2,4,7-8,13-14,17H,3,5-6,9-11H2,1H3/t13-,14-,17-/m0/s1. The predicted octanol–water partition coefficient (Wildman–Crippen LogP) is 1.95. The molecule has 0 aliphatic carbocycles. The SMILES string of the molecule is Cc1ccncc1C(=O)CN1c2nc(N3C[C@@H]4C[C@H]3CO4)cc(=O)n2CC[C@H]1C(F)(F)F. The molecule has 11 heteroatoms. The maximum Gasteiger partial charge on any atom is 0.408 e. The number of ether oxygens (including phenoxy) is 1. The van der Waals surface area contributed by atoms with Crippen molar-refractivity contribution in [1.29, 1.82) is 0 Å². The first-order valence-electron chi connectivity index (χ1n) is 10.5. The van der Waals surface area contributed by atoms with Gasteiger partial charge in [0.1, 0.15) is 11.9 Å². The molecular formula is C21H22F3N5O3. The molecule has 0 N–H and O–H groups in total. The van der Waals surface area contributed by atoms with Crippen molar-refractivity contribution in [2.24, 2.45) is 0 Å². The van der Waals surface area contributed by atoms with Crippen molar-refractivity contribution < 1.29 is 22.7 Å². The molecule has 0 aromatic carbocycles. The maximum atomic E-state index is 13.9. The second kappa shape index (κ2) is 7.58. The Hall–Kier alpha value is -2.95. The third-order valence-corrected chi connectivity index (χ3v) is 6.46. The molecule has 0 unspecified atom stereocenters. The third-order valence-electron chi connectivity index (χ3n) is 6.46. The number of hydrogen-bond donors (Lipinski definition) is 0. The first-order valence-corrected chi connectivity index (χ1v) is 10.5. The van der Waals surface area contributed by atoms with Gasteiger partial charge >= 0.3 is 6.18 Å². The van der Waals surface area contributed by atoms with Crippen molar-refractivity contribution >= 4 is 17.5 Å². The van der Waals surface area contributed by atoms with Gasteiger partial charge in [-0.1, -0.05) is 0 Å². The Balaban J connectivity index is 1.55. The molecule has 0 radical (unpaired) electrons. The summed E-state index contributed by atoms with van der Waals surface area (Å²) in [7, 11) is 0. The molecule has 3 aliphatic heterocycles. The van der Waals surface area contributed by atoms with Gasteiger partial charge in [0.2, 0.25) is 5.95 Å². The zero-order chi connectivity index (χ0) is 22.6. The normalized spacial score (nSPS) is 24.7. The van der Waals surface area contributed by atoms with Crippen molar-refractivity contribution in [1.82, 2.24) is 14.5 Å². The van der Waals surface area contributed by atoms with Crippen LogP contribution in [0.3, 0.4) is 0 Å². The van der Waals surface area contributed by atoms with E-state index in [1.54, 1.807) is 13.0 Å². The molecular weight excluding hydrogens is 427 g/mol. The van der Waals surface area contributed by atoms with Gasteiger partial charge in [0, 0.05) is 37.1 Å². The maximum absolute atomic E-state index is 13.9. The molecule has 3 aliphatic rings. The summed E-state index contributed by atoms with van der Waals surface area (Å²) in [6.07, 6.45) is -1.21. The first-order chi connectivity index (χ1) is 15.2. The Morgan fingerprint density at radius 1 is 1.34 bits per heavy atom. The largest absolute Gasteiger partial charge is 0.408 e. The molecule has 0 spiro atoms. The van der Waals surface area contributed by atoms with E-state index in [1.165, 1.54) is 23.0 Å². The summed E-state index contributed by atoms with van der Waals surface area (Å²) < 4.78 is 48.6. The molecule has 5 rings (SSSR count). The number of aromatic nitrogens is 3. The van der Waals surface area contributed by atoms with Crippen LogP contribution in [0, 0.1) is 6.92 Å². The number of ketones is 1. The van der Waals surface area contributed by atoms with Crippen LogP contribution in [0.1, 0.15) is 28.8 Å². The average molecular weight is 449 g/mol. The molecule has 0 amide bonds. The van der Waals surface area contributed by atoms with Crippen molar-refractivity contribution in [3.05, 3.63) is 46.0 Å². The number of morpholine rings is 1. The van der Waals surface area contributed by atoms with Gasteiger partial charge in [0.25, 0.3) is 5.56 Å². The number of nitrogens with zero attached hydrogens (tertiary/aromatic N) is 5. The van der Waals surface area contributed by atoms with Gasteiger partial charge in [-0.3, -0.25) is 19.1 Å². The van der Waals surface area contributed by atoms with E-state index in [1.807, 2.05) is 4.90 Å². The minimum atomic E-state index is -4.58. The highest BCUT2D eigenvalue weighted by Crippen LogP contribution is 2.36. The van der Waals surface area contributed by atoms with Crippen LogP contribution in [-0.4, -0.2) is 64.4 Å². The van der Waals surface area contributed by atoms with Gasteiger partial charge in [-0.2, -0.15) is 18.2 Å². The molecule has 3 atom stereocenters. The van der Waals surface area contributed by atoms with Crippen LogP contribution in [-0.2, 0) is 11.3 Å². The molecule has 2 bridgehead atoms. The van der Waals surface area contributed by atoms with E-state index in [9.17, 15) is 22.8 Å². The van der Waals surface area contributed by atoms with Gasteiger partial charge in [0.15, 0.2) is 5.78 Å². The van der Waals surface area contributed by atoms with Gasteiger partial charge in [0.05, 0.1) is 25.3 Å². The van der Waals surface area contributed by atoms with E-state index in [4.69, 9.17) is 4.74 Å². The number of alkyl halides is 3. The number of halogens is 3. The van der Waals surface area contributed by atoms with Gasteiger partial charge < -0.3 is 14.5 Å². The zero-order valence-electron chi connectivity index (χ0n) is 17.4. The summed E-state index contributed by atoms with van der Waals surface area (Å²) in [4.78, 5) is 37.0. The van der Waals surface area contributed by atoms with E-state index in [2.05, 4.69) is 9.97 Å². The highest BCUT2D eigenvalue weighted by atomic mass is 19.4. The Morgan fingerprint density at radius 2 is 2.16 bits per heavy atom. The Bertz CT molecular complexity index is 1120. The van der Waals surface area contributed by atoms with E-state index < -0.39 is 30.1 Å². The first kappa shape index (κ1) is 20.9. The van der Waals surface area contributed by atoms with Crippen LogP contribution in [0.5, 0.6) is 0 Å². The van der Waals surface area contributed by atoms with E-state index in [0.29, 0.717) is 24.5 Å². The van der Waals surface area contributed by atoms with Crippen LogP contribution in [0.2, 0.25) is 0 Å². The lowest BCUT2D eigenvalue weighted by atomic mass is 10.0. The van der Waals surface area contributed by atoms with Gasteiger partial charge in [-0.05, 0) is 31.4 Å². The lowest BCUT2D eigenvalue weighted by Gasteiger charge is -2.39. The summed E-state index contributed by atoms with van der Waals surface area (Å²) in [5.41, 5.74) is 0.445. The Labute approximate surface area is 181 Å². The number of hydrogen-bond acceptors (Lipinski definition) is 7. The third kappa shape index (κ3) is 3.54. The zero-order valence-corrected chi connectivity index (χ0v) is 17.4. The summed E-state index contributed by atoms with van der Waals surface area (Å²) in [6.45, 7) is 2.07. The highest BCUT2D eigenvalue weighted by molar-refractivity contribution is 6.00. The number of anilines is 2. The fourth-order valence-electron chi connectivity index (χ4n) is 4.80. The number of pyridine rings is 1. The van der Waals surface area contributed by atoms with E-state index in [-0.39, 0.29) is 36.6 Å². The molecule has 5 heterocycles. The fraction of sp³-hybridized carbons (Fsp3) is 0.524. The smallest absolute Gasteiger partial charge is 0.374 e. The monoisotopic (exact) mass is 449 g/mol. The van der Waals surface area contributed by atoms with Crippen LogP contribution in [0.25, 0.3) is 0 Å². The number of rotatable bonds is 4. The summed E-state index contributed by atoms with van der Waals surface area (Å²) in [6, 6.07) is 1.13. The number of carbonyl (C=O) groups excluding carboxylic acids is 1. The van der Waals surface area contributed by atoms with Crippen LogP contribution in [0.15, 0.2) is 29.3 Å². The Morgan fingerprint density at radius 3 is 2.81 bits per heavy atom. The molecule has 2 saturated heterocycles. The Kier molecular flexibility index (Phi) is 4.95. The van der Waals surface area contributed by atoms with E-state index >= 15 is 0 Å². The number of carbonyl (C=O) groups is 1. The fourth-order valence-corrected chi connectivity index (χ4v) is 4.80. The second-order valence-corrected chi connectivity index (χ2v) is 8.49. The predicted molar refractivity (Wildman–Crippen MR) is 109 cm³/mol. The van der Waals surface area contributed by atoms with Crippen molar-refractivity contribution in [3.63, 3.8) is 0 Å². The lowest BCUT2D eigenvalue weighted by Crippen LogP contribution is -2.54. The minimum Gasteiger partial charge on any atom is -0.374 e. The van der Waals surface area contributed by atoms with Crippen LogP contribution >= 0.6 is 0 Å². The van der Waals surface area contributed by atoms with Gasteiger partial charge in [-0.15, -0.1) is 0 Å².